The molecule has 0 saturated heterocycles. The van der Waals surface area contributed by atoms with Gasteiger partial charge >= 0.3 is 0 Å². The van der Waals surface area contributed by atoms with Crippen molar-refractivity contribution in [2.45, 2.75) is 10.8 Å². The number of thiophene rings is 1. The summed E-state index contributed by atoms with van der Waals surface area (Å²) in [6.45, 7) is 0. The molecule has 1 heterocycles. The molecule has 0 unspecified atom stereocenters. The van der Waals surface area contributed by atoms with Crippen LogP contribution in [0, 0.1) is 0 Å². The van der Waals surface area contributed by atoms with Crippen LogP contribution in [0.1, 0.15) is 44.5 Å². The Morgan fingerprint density at radius 3 is 1.15 bits per heavy atom. The fraction of sp³-hybridized carbons (Fsp3) is 0.0312. The second-order valence-electron chi connectivity index (χ2n) is 17.6. The largest absolute Gasteiger partial charge is 0.310 e. The molecule has 66 heavy (non-hydrogen) atoms. The van der Waals surface area contributed by atoms with Crippen LogP contribution in [0.3, 0.4) is 0 Å². The molecule has 310 valence electrons. The number of anilines is 3. The van der Waals surface area contributed by atoms with E-state index < -0.39 is 10.8 Å². The van der Waals surface area contributed by atoms with E-state index >= 15 is 0 Å². The first-order chi connectivity index (χ1) is 32.7. The van der Waals surface area contributed by atoms with Crippen LogP contribution in [0.5, 0.6) is 0 Å². The van der Waals surface area contributed by atoms with Gasteiger partial charge in [0.15, 0.2) is 0 Å². The molecule has 0 saturated carbocycles. The van der Waals surface area contributed by atoms with Crippen LogP contribution in [-0.4, -0.2) is 0 Å². The van der Waals surface area contributed by atoms with Gasteiger partial charge < -0.3 is 4.90 Å². The van der Waals surface area contributed by atoms with Gasteiger partial charge in [0, 0.05) is 21.8 Å². The second kappa shape index (κ2) is 15.3. The van der Waals surface area contributed by atoms with E-state index in [0.717, 1.165) is 17.1 Å². The summed E-state index contributed by atoms with van der Waals surface area (Å²) < 4.78 is 1.30. The van der Waals surface area contributed by atoms with Gasteiger partial charge in [0.05, 0.1) is 10.8 Å². The molecule has 0 bridgehead atoms. The van der Waals surface area contributed by atoms with Crippen LogP contribution >= 0.6 is 11.3 Å². The molecular weight excluding hydrogens is 815 g/mol. The minimum atomic E-state index is -0.532. The Balaban J connectivity index is 1.07. The Labute approximate surface area is 390 Å². The van der Waals surface area contributed by atoms with Crippen molar-refractivity contribution in [1.82, 2.24) is 0 Å². The molecule has 0 spiro atoms. The van der Waals surface area contributed by atoms with Crippen molar-refractivity contribution in [3.05, 3.63) is 305 Å². The van der Waals surface area contributed by atoms with E-state index in [-0.39, 0.29) is 0 Å². The summed E-state index contributed by atoms with van der Waals surface area (Å²) in [6, 6.07) is 95.0. The number of hydrogen-bond donors (Lipinski definition) is 0. The lowest BCUT2D eigenvalue weighted by Gasteiger charge is -2.36. The molecule has 2 aliphatic carbocycles. The van der Waals surface area contributed by atoms with Gasteiger partial charge in [-0.05, 0) is 137 Å². The van der Waals surface area contributed by atoms with Gasteiger partial charge in [-0.25, -0.2) is 0 Å². The van der Waals surface area contributed by atoms with E-state index in [0.29, 0.717) is 0 Å². The Bertz CT molecular complexity index is 3310. The number of benzene rings is 10. The Hall–Kier alpha value is -8.04. The molecule has 1 nitrogen and oxygen atoms in total. The molecule has 2 aliphatic rings. The summed E-state index contributed by atoms with van der Waals surface area (Å²) in [5.74, 6) is 0. The van der Waals surface area contributed by atoms with Gasteiger partial charge in [0.1, 0.15) is 0 Å². The third kappa shape index (κ3) is 5.65. The van der Waals surface area contributed by atoms with E-state index in [9.17, 15) is 0 Å². The smallest absolute Gasteiger partial charge is 0.0714 e. The van der Waals surface area contributed by atoms with E-state index in [4.69, 9.17) is 0 Å². The molecule has 2 heteroatoms. The highest BCUT2D eigenvalue weighted by molar-refractivity contribution is 7.17. The maximum absolute atomic E-state index is 2.49. The van der Waals surface area contributed by atoms with Crippen LogP contribution in [0.25, 0.3) is 43.5 Å². The first-order valence-electron chi connectivity index (χ1n) is 22.8. The average molecular weight is 858 g/mol. The van der Waals surface area contributed by atoms with Crippen LogP contribution < -0.4 is 4.90 Å². The number of nitrogens with zero attached hydrogens (tertiary/aromatic N) is 1. The van der Waals surface area contributed by atoms with Gasteiger partial charge in [-0.2, -0.15) is 0 Å². The molecule has 0 N–H and O–H groups in total. The van der Waals surface area contributed by atoms with Crippen LogP contribution in [0.15, 0.2) is 260 Å². The Morgan fingerprint density at radius 1 is 0.288 bits per heavy atom. The molecule has 0 atom stereocenters. The first-order valence-corrected chi connectivity index (χ1v) is 23.7. The highest BCUT2D eigenvalue weighted by Crippen LogP contribution is 2.59. The quantitative estimate of drug-likeness (QED) is 0.147. The zero-order valence-electron chi connectivity index (χ0n) is 36.2. The van der Waals surface area contributed by atoms with E-state index in [1.807, 2.05) is 0 Å². The van der Waals surface area contributed by atoms with E-state index in [1.54, 1.807) is 11.3 Å². The summed E-state index contributed by atoms with van der Waals surface area (Å²) in [5, 5.41) is 3.46. The predicted octanol–water partition coefficient (Wildman–Crippen LogP) is 16.8. The molecule has 0 fully saturated rings. The van der Waals surface area contributed by atoms with Gasteiger partial charge in [0.25, 0.3) is 0 Å². The number of hydrogen-bond acceptors (Lipinski definition) is 2. The van der Waals surface area contributed by atoms with Crippen molar-refractivity contribution in [3.63, 3.8) is 0 Å². The summed E-state index contributed by atoms with van der Waals surface area (Å²) in [7, 11) is 0. The lowest BCUT2D eigenvalue weighted by molar-refractivity contribution is 0.767. The van der Waals surface area contributed by atoms with Gasteiger partial charge in [-0.3, -0.25) is 0 Å². The molecule has 1 aromatic heterocycles. The zero-order chi connectivity index (χ0) is 43.7. The Morgan fingerprint density at radius 2 is 0.682 bits per heavy atom. The zero-order valence-corrected chi connectivity index (χ0v) is 37.0. The van der Waals surface area contributed by atoms with E-state index in [1.165, 1.54) is 88.0 Å². The standard InChI is InChI=1S/C64H43NS/c1-5-17-47(18-6-1)63(48-19-7-2-8-20-48)58-27-15-13-25-54(58)56-37-35-52(42-60(56)63)65(51-33-31-44(32-34-51)46-30-29-45-39-40-66-62(45)41-46)53-36-38-57-55-26-14-16-28-59(55)64(61(57)43-53,49-21-9-3-10-22-49)50-23-11-4-12-24-50/h1-43H. The van der Waals surface area contributed by atoms with Crippen LogP contribution in [0.4, 0.5) is 17.1 Å². The topological polar surface area (TPSA) is 3.24 Å². The lowest BCUT2D eigenvalue weighted by atomic mass is 9.67. The number of fused-ring (bicyclic) bond motifs is 7. The SMILES string of the molecule is c1ccc(C2(c3ccccc3)c3ccccc3-c3ccc(N(c4ccc(-c5ccc6ccsc6c5)cc4)c4ccc5c(c4)C(c4ccccc4)(c4ccccc4)c4ccccc4-5)cc32)cc1. The summed E-state index contributed by atoms with van der Waals surface area (Å²) in [4.78, 5) is 2.49. The monoisotopic (exact) mass is 857 g/mol. The van der Waals surface area contributed by atoms with Gasteiger partial charge in [0.2, 0.25) is 0 Å². The van der Waals surface area contributed by atoms with Gasteiger partial charge in [-0.15, -0.1) is 11.3 Å². The third-order valence-electron chi connectivity index (χ3n) is 14.3. The summed E-state index contributed by atoms with van der Waals surface area (Å²) in [5.41, 5.74) is 19.9. The van der Waals surface area contributed by atoms with E-state index in [2.05, 4.69) is 265 Å². The van der Waals surface area contributed by atoms with Crippen LogP contribution in [0.2, 0.25) is 0 Å². The highest BCUT2D eigenvalue weighted by Gasteiger charge is 2.48. The minimum Gasteiger partial charge on any atom is -0.310 e. The van der Waals surface area contributed by atoms with Crippen molar-refractivity contribution >= 4 is 38.5 Å². The molecule has 13 rings (SSSR count). The molecule has 11 aromatic rings. The molecule has 0 amide bonds. The normalized spacial score (nSPS) is 13.7. The van der Waals surface area contributed by atoms with Crippen molar-refractivity contribution in [3.8, 4) is 33.4 Å². The molecule has 0 aliphatic heterocycles. The minimum absolute atomic E-state index is 0.532. The second-order valence-corrected chi connectivity index (χ2v) is 18.5. The van der Waals surface area contributed by atoms with Crippen molar-refractivity contribution in [2.24, 2.45) is 0 Å². The van der Waals surface area contributed by atoms with Crippen LogP contribution in [-0.2, 0) is 10.8 Å². The predicted molar refractivity (Wildman–Crippen MR) is 277 cm³/mol. The maximum Gasteiger partial charge on any atom is 0.0714 e. The summed E-state index contributed by atoms with van der Waals surface area (Å²) in [6.07, 6.45) is 0. The fourth-order valence-corrected chi connectivity index (χ4v) is 12.4. The number of rotatable bonds is 8. The average Bonchev–Trinajstić information content (AvgIpc) is 4.08. The molecular formula is C64H43NS. The lowest BCUT2D eigenvalue weighted by Crippen LogP contribution is -2.29. The maximum atomic E-state index is 2.49. The molecule has 0 radical (unpaired) electrons. The third-order valence-corrected chi connectivity index (χ3v) is 15.2. The Kier molecular flexibility index (Phi) is 8.91. The highest BCUT2D eigenvalue weighted by atomic mass is 32.1. The first kappa shape index (κ1) is 38.4. The van der Waals surface area contributed by atoms with Crippen molar-refractivity contribution in [2.75, 3.05) is 4.90 Å². The van der Waals surface area contributed by atoms with Crippen molar-refractivity contribution < 1.29 is 0 Å². The van der Waals surface area contributed by atoms with Crippen molar-refractivity contribution in [1.29, 1.82) is 0 Å². The van der Waals surface area contributed by atoms with Gasteiger partial charge in [-0.1, -0.05) is 206 Å². The molecule has 10 aromatic carbocycles. The summed E-state index contributed by atoms with van der Waals surface area (Å²) >= 11 is 1.79. The fourth-order valence-electron chi connectivity index (χ4n) is 11.5.